The first-order valence-electron chi connectivity index (χ1n) is 6.41. The molecule has 1 unspecified atom stereocenters. The van der Waals surface area contributed by atoms with Crippen LogP contribution in [0.1, 0.15) is 35.6 Å². The van der Waals surface area contributed by atoms with E-state index in [4.69, 9.17) is 5.73 Å². The SMILES string of the molecule is Cc1ccc(CN(C)CCC(C)N)c(C)c1C. The van der Waals surface area contributed by atoms with Gasteiger partial charge >= 0.3 is 0 Å². The van der Waals surface area contributed by atoms with E-state index in [-0.39, 0.29) is 0 Å². The Labute approximate surface area is 106 Å². The topological polar surface area (TPSA) is 29.3 Å². The Morgan fingerprint density at radius 2 is 1.82 bits per heavy atom. The van der Waals surface area contributed by atoms with Crippen LogP contribution < -0.4 is 5.73 Å². The molecule has 2 N–H and O–H groups in total. The van der Waals surface area contributed by atoms with Crippen LogP contribution in [0.4, 0.5) is 0 Å². The summed E-state index contributed by atoms with van der Waals surface area (Å²) in [5, 5.41) is 0. The lowest BCUT2D eigenvalue weighted by Crippen LogP contribution is -2.26. The third kappa shape index (κ3) is 4.14. The van der Waals surface area contributed by atoms with Crippen LogP contribution in [0.2, 0.25) is 0 Å². The molecule has 2 heteroatoms. The van der Waals surface area contributed by atoms with Gasteiger partial charge in [-0.1, -0.05) is 12.1 Å². The number of nitrogens with two attached hydrogens (primary N) is 1. The normalized spacial score (nSPS) is 13.1. The van der Waals surface area contributed by atoms with Crippen LogP contribution in [0.25, 0.3) is 0 Å². The third-order valence-electron chi connectivity index (χ3n) is 3.58. The Bertz CT molecular complexity index is 369. The van der Waals surface area contributed by atoms with Crippen molar-refractivity contribution >= 4 is 0 Å². The summed E-state index contributed by atoms with van der Waals surface area (Å²) < 4.78 is 0. The molecule has 96 valence electrons. The van der Waals surface area contributed by atoms with E-state index < -0.39 is 0 Å². The van der Waals surface area contributed by atoms with Crippen LogP contribution in [0.15, 0.2) is 12.1 Å². The molecular formula is C15H26N2. The summed E-state index contributed by atoms with van der Waals surface area (Å²) in [6.45, 7) is 10.7. The molecule has 0 saturated carbocycles. The summed E-state index contributed by atoms with van der Waals surface area (Å²) in [4.78, 5) is 2.35. The Morgan fingerprint density at radius 1 is 1.18 bits per heavy atom. The largest absolute Gasteiger partial charge is 0.328 e. The minimum atomic E-state index is 0.290. The van der Waals surface area contributed by atoms with E-state index in [1.165, 1.54) is 22.3 Å². The van der Waals surface area contributed by atoms with E-state index in [0.29, 0.717) is 6.04 Å². The number of benzene rings is 1. The number of rotatable bonds is 5. The zero-order valence-electron chi connectivity index (χ0n) is 11.9. The highest BCUT2D eigenvalue weighted by Crippen LogP contribution is 2.18. The standard InChI is InChI=1S/C15H26N2/c1-11-6-7-15(14(4)13(11)3)10-17(5)9-8-12(2)16/h6-7,12H,8-10,16H2,1-5H3. The maximum atomic E-state index is 5.78. The van der Waals surface area contributed by atoms with Crippen LogP contribution in [-0.2, 0) is 6.54 Å². The average molecular weight is 234 g/mol. The second kappa shape index (κ2) is 6.18. The van der Waals surface area contributed by atoms with Crippen LogP contribution in [0.3, 0.4) is 0 Å². The number of nitrogens with zero attached hydrogens (tertiary/aromatic N) is 1. The number of hydrogen-bond donors (Lipinski definition) is 1. The van der Waals surface area contributed by atoms with Crippen molar-refractivity contribution < 1.29 is 0 Å². The Morgan fingerprint density at radius 3 is 2.41 bits per heavy atom. The highest BCUT2D eigenvalue weighted by molar-refractivity contribution is 5.38. The summed E-state index contributed by atoms with van der Waals surface area (Å²) in [5.41, 5.74) is 11.4. The first-order chi connectivity index (χ1) is 7.91. The molecule has 0 bridgehead atoms. The number of aryl methyl sites for hydroxylation is 1. The lowest BCUT2D eigenvalue weighted by atomic mass is 9.98. The van der Waals surface area contributed by atoms with Crippen molar-refractivity contribution in [3.05, 3.63) is 34.4 Å². The molecule has 0 aliphatic heterocycles. The molecule has 0 aliphatic carbocycles. The van der Waals surface area contributed by atoms with Gasteiger partial charge in [-0.25, -0.2) is 0 Å². The van der Waals surface area contributed by atoms with E-state index in [0.717, 1.165) is 19.5 Å². The van der Waals surface area contributed by atoms with Gasteiger partial charge in [0.05, 0.1) is 0 Å². The molecule has 0 saturated heterocycles. The van der Waals surface area contributed by atoms with Gasteiger partial charge in [0, 0.05) is 12.6 Å². The Hall–Kier alpha value is -0.860. The molecular weight excluding hydrogens is 208 g/mol. The molecule has 0 aliphatic rings. The fourth-order valence-corrected chi connectivity index (χ4v) is 1.98. The molecule has 1 atom stereocenters. The second-order valence-corrected chi connectivity index (χ2v) is 5.30. The van der Waals surface area contributed by atoms with Gasteiger partial charge in [-0.3, -0.25) is 0 Å². The summed E-state index contributed by atoms with van der Waals surface area (Å²) in [6.07, 6.45) is 1.06. The molecule has 0 radical (unpaired) electrons. The van der Waals surface area contributed by atoms with Crippen molar-refractivity contribution in [3.8, 4) is 0 Å². The van der Waals surface area contributed by atoms with E-state index in [9.17, 15) is 0 Å². The third-order valence-corrected chi connectivity index (χ3v) is 3.58. The van der Waals surface area contributed by atoms with Crippen molar-refractivity contribution in [3.63, 3.8) is 0 Å². The van der Waals surface area contributed by atoms with Crippen LogP contribution in [-0.4, -0.2) is 24.5 Å². The van der Waals surface area contributed by atoms with Crippen LogP contribution in [0, 0.1) is 20.8 Å². The predicted molar refractivity (Wildman–Crippen MR) is 75.3 cm³/mol. The van der Waals surface area contributed by atoms with Crippen molar-refractivity contribution in [2.45, 2.75) is 46.7 Å². The molecule has 1 rings (SSSR count). The quantitative estimate of drug-likeness (QED) is 0.849. The molecule has 17 heavy (non-hydrogen) atoms. The monoisotopic (exact) mass is 234 g/mol. The molecule has 2 nitrogen and oxygen atoms in total. The Kier molecular flexibility index (Phi) is 5.16. The van der Waals surface area contributed by atoms with Crippen molar-refractivity contribution in [2.75, 3.05) is 13.6 Å². The minimum absolute atomic E-state index is 0.290. The molecule has 0 spiro atoms. The van der Waals surface area contributed by atoms with Crippen LogP contribution >= 0.6 is 0 Å². The molecule has 0 aromatic heterocycles. The van der Waals surface area contributed by atoms with Crippen molar-refractivity contribution in [2.24, 2.45) is 5.73 Å². The fourth-order valence-electron chi connectivity index (χ4n) is 1.98. The van der Waals surface area contributed by atoms with Crippen molar-refractivity contribution in [1.82, 2.24) is 4.90 Å². The maximum absolute atomic E-state index is 5.78. The molecule has 1 aromatic carbocycles. The predicted octanol–water partition coefficient (Wildman–Crippen LogP) is 2.78. The van der Waals surface area contributed by atoms with Crippen LogP contribution in [0.5, 0.6) is 0 Å². The Balaban J connectivity index is 2.65. The molecule has 0 heterocycles. The van der Waals surface area contributed by atoms with E-state index in [1.807, 2.05) is 0 Å². The average Bonchev–Trinajstić information content (AvgIpc) is 2.27. The first-order valence-corrected chi connectivity index (χ1v) is 6.41. The summed E-state index contributed by atoms with van der Waals surface area (Å²) in [7, 11) is 2.16. The zero-order valence-corrected chi connectivity index (χ0v) is 11.9. The second-order valence-electron chi connectivity index (χ2n) is 5.30. The summed E-state index contributed by atoms with van der Waals surface area (Å²) in [6, 6.07) is 4.76. The fraction of sp³-hybridized carbons (Fsp3) is 0.600. The maximum Gasteiger partial charge on any atom is 0.0233 e. The van der Waals surface area contributed by atoms with Gasteiger partial charge < -0.3 is 10.6 Å². The summed E-state index contributed by atoms with van der Waals surface area (Å²) in [5.74, 6) is 0. The molecule has 0 fully saturated rings. The summed E-state index contributed by atoms with van der Waals surface area (Å²) >= 11 is 0. The van der Waals surface area contributed by atoms with Gasteiger partial charge in [-0.2, -0.15) is 0 Å². The highest BCUT2D eigenvalue weighted by Gasteiger charge is 2.07. The van der Waals surface area contributed by atoms with E-state index in [2.05, 4.69) is 51.8 Å². The highest BCUT2D eigenvalue weighted by atomic mass is 15.1. The zero-order chi connectivity index (χ0) is 13.0. The van der Waals surface area contributed by atoms with Gasteiger partial charge in [-0.15, -0.1) is 0 Å². The lowest BCUT2D eigenvalue weighted by molar-refractivity contribution is 0.313. The first kappa shape index (κ1) is 14.2. The lowest BCUT2D eigenvalue weighted by Gasteiger charge is -2.20. The minimum Gasteiger partial charge on any atom is -0.328 e. The van der Waals surface area contributed by atoms with Gasteiger partial charge in [0.25, 0.3) is 0 Å². The smallest absolute Gasteiger partial charge is 0.0233 e. The van der Waals surface area contributed by atoms with Gasteiger partial charge in [-0.05, 0) is 70.0 Å². The molecule has 0 amide bonds. The molecule has 1 aromatic rings. The van der Waals surface area contributed by atoms with Gasteiger partial charge in [0.1, 0.15) is 0 Å². The van der Waals surface area contributed by atoms with E-state index in [1.54, 1.807) is 0 Å². The van der Waals surface area contributed by atoms with Gasteiger partial charge in [0.2, 0.25) is 0 Å². The number of hydrogen-bond acceptors (Lipinski definition) is 2. The van der Waals surface area contributed by atoms with Gasteiger partial charge in [0.15, 0.2) is 0 Å². The van der Waals surface area contributed by atoms with E-state index >= 15 is 0 Å². The van der Waals surface area contributed by atoms with Crippen molar-refractivity contribution in [1.29, 1.82) is 0 Å².